The van der Waals surface area contributed by atoms with Crippen LogP contribution in [0.3, 0.4) is 0 Å². The molecule has 0 saturated carbocycles. The molecule has 0 spiro atoms. The van der Waals surface area contributed by atoms with Crippen molar-refractivity contribution in [3.8, 4) is 0 Å². The van der Waals surface area contributed by atoms with Gasteiger partial charge in [-0.3, -0.25) is 4.68 Å². The van der Waals surface area contributed by atoms with Crippen LogP contribution < -0.4 is 10.2 Å². The summed E-state index contributed by atoms with van der Waals surface area (Å²) in [5.74, 6) is 0.741. The largest absolute Gasteiger partial charge is 0.393 e. The van der Waals surface area contributed by atoms with Crippen LogP contribution in [-0.2, 0) is 13.5 Å². The zero-order valence-corrected chi connectivity index (χ0v) is 17.8. The number of aromatic nitrogens is 4. The number of nitrogens with one attached hydrogen (secondary N) is 1. The highest BCUT2D eigenvalue weighted by Crippen LogP contribution is 2.34. The van der Waals surface area contributed by atoms with E-state index in [-0.39, 0.29) is 10.9 Å². The molecule has 2 atom stereocenters. The van der Waals surface area contributed by atoms with Crippen LogP contribution in [0.25, 0.3) is 10.2 Å². The Balaban J connectivity index is 1.45. The van der Waals surface area contributed by atoms with E-state index in [1.807, 2.05) is 19.4 Å². The van der Waals surface area contributed by atoms with Crippen molar-refractivity contribution < 1.29 is 13.2 Å². The van der Waals surface area contributed by atoms with Crippen LogP contribution in [-0.4, -0.2) is 45.1 Å². The number of halogens is 3. The third-order valence-corrected chi connectivity index (χ3v) is 6.52. The second kappa shape index (κ2) is 8.50. The summed E-state index contributed by atoms with van der Waals surface area (Å²) in [5, 5.41) is 8.65. The summed E-state index contributed by atoms with van der Waals surface area (Å²) in [7, 11) is 1.91. The Morgan fingerprint density at radius 3 is 2.83 bits per heavy atom. The van der Waals surface area contributed by atoms with Crippen LogP contribution in [0.1, 0.15) is 42.7 Å². The van der Waals surface area contributed by atoms with Gasteiger partial charge in [-0.25, -0.2) is 9.97 Å². The lowest BCUT2D eigenvalue weighted by Crippen LogP contribution is -2.33. The molecule has 1 saturated heterocycles. The molecule has 0 bridgehead atoms. The second-order valence-corrected chi connectivity index (χ2v) is 8.99. The van der Waals surface area contributed by atoms with Crippen molar-refractivity contribution in [1.82, 2.24) is 25.1 Å². The van der Waals surface area contributed by atoms with E-state index < -0.39 is 12.6 Å². The second-order valence-electron chi connectivity index (χ2n) is 7.87. The van der Waals surface area contributed by atoms with E-state index in [0.29, 0.717) is 10.9 Å². The van der Waals surface area contributed by atoms with Gasteiger partial charge in [0.05, 0.1) is 18.0 Å². The number of anilines is 1. The molecule has 4 rings (SSSR count). The predicted octanol–water partition coefficient (Wildman–Crippen LogP) is 4.24. The van der Waals surface area contributed by atoms with E-state index in [4.69, 9.17) is 0 Å². The van der Waals surface area contributed by atoms with Gasteiger partial charge in [0, 0.05) is 48.9 Å². The highest BCUT2D eigenvalue weighted by Gasteiger charge is 2.29. The molecule has 1 N–H and O–H groups in total. The summed E-state index contributed by atoms with van der Waals surface area (Å²) < 4.78 is 40.2. The lowest BCUT2D eigenvalue weighted by molar-refractivity contribution is -0.126. The van der Waals surface area contributed by atoms with Crippen molar-refractivity contribution in [2.45, 2.75) is 50.9 Å². The van der Waals surface area contributed by atoms with Gasteiger partial charge in [-0.2, -0.15) is 18.3 Å². The average Bonchev–Trinajstić information content (AvgIpc) is 3.20. The quantitative estimate of drug-likeness (QED) is 0.646. The molecule has 3 aromatic heterocycles. The average molecular weight is 439 g/mol. The molecule has 1 aliphatic rings. The summed E-state index contributed by atoms with van der Waals surface area (Å²) in [4.78, 5) is 11.7. The van der Waals surface area contributed by atoms with Crippen LogP contribution in [0.2, 0.25) is 0 Å². The Labute approximate surface area is 177 Å². The van der Waals surface area contributed by atoms with Gasteiger partial charge < -0.3 is 10.2 Å². The van der Waals surface area contributed by atoms with Crippen LogP contribution in [0.4, 0.5) is 19.0 Å². The first-order chi connectivity index (χ1) is 14.3. The molecule has 3 aromatic rings. The van der Waals surface area contributed by atoms with Crippen LogP contribution >= 0.6 is 11.3 Å². The van der Waals surface area contributed by atoms with E-state index in [0.717, 1.165) is 60.5 Å². The standard InChI is InChI=1S/C20H25F3N6S/c1-13(14-10-26-28(2)11-14)27-15-4-3-6-29(7-5-15)18-17-8-16(9-20(21,22)23)30-19(17)25-12-24-18/h8,10-13,15,27H,3-7,9H2,1-2H3. The Morgan fingerprint density at radius 2 is 2.10 bits per heavy atom. The molecular weight excluding hydrogens is 413 g/mol. The first kappa shape index (κ1) is 21.0. The molecule has 162 valence electrons. The molecule has 6 nitrogen and oxygen atoms in total. The fraction of sp³-hybridized carbons (Fsp3) is 0.550. The van der Waals surface area contributed by atoms with E-state index in [9.17, 15) is 13.2 Å². The lowest BCUT2D eigenvalue weighted by Gasteiger charge is -2.23. The third-order valence-electron chi connectivity index (χ3n) is 5.47. The zero-order chi connectivity index (χ0) is 21.3. The number of hydrogen-bond acceptors (Lipinski definition) is 6. The van der Waals surface area contributed by atoms with Gasteiger partial charge in [0.25, 0.3) is 0 Å². The molecule has 0 amide bonds. The SMILES string of the molecule is CC(NC1CCCN(c2ncnc3sc(CC(F)(F)F)cc23)CC1)c1cnn(C)c1. The van der Waals surface area contributed by atoms with Crippen LogP contribution in [0, 0.1) is 0 Å². The molecule has 0 aliphatic carbocycles. The maximum absolute atomic E-state index is 12.8. The monoisotopic (exact) mass is 438 g/mol. The molecule has 10 heteroatoms. The number of fused-ring (bicyclic) bond motifs is 1. The number of aryl methyl sites for hydroxylation is 1. The minimum absolute atomic E-state index is 0.211. The van der Waals surface area contributed by atoms with E-state index in [2.05, 4.69) is 32.2 Å². The van der Waals surface area contributed by atoms with Crippen molar-refractivity contribution in [3.63, 3.8) is 0 Å². The van der Waals surface area contributed by atoms with Gasteiger partial charge in [0.15, 0.2) is 0 Å². The van der Waals surface area contributed by atoms with Gasteiger partial charge in [-0.15, -0.1) is 11.3 Å². The van der Waals surface area contributed by atoms with E-state index in [1.165, 1.54) is 6.33 Å². The molecule has 0 radical (unpaired) electrons. The number of hydrogen-bond donors (Lipinski definition) is 1. The van der Waals surface area contributed by atoms with Crippen molar-refractivity contribution >= 4 is 27.4 Å². The molecule has 4 heterocycles. The van der Waals surface area contributed by atoms with Gasteiger partial charge in [0.2, 0.25) is 0 Å². The maximum Gasteiger partial charge on any atom is 0.393 e. The summed E-state index contributed by atoms with van der Waals surface area (Å²) in [6, 6.07) is 2.18. The molecule has 30 heavy (non-hydrogen) atoms. The molecular formula is C20H25F3N6S. The van der Waals surface area contributed by atoms with Crippen molar-refractivity contribution in [1.29, 1.82) is 0 Å². The van der Waals surface area contributed by atoms with Gasteiger partial charge >= 0.3 is 6.18 Å². The minimum atomic E-state index is -4.22. The Bertz CT molecular complexity index is 998. The highest BCUT2D eigenvalue weighted by atomic mass is 32.1. The van der Waals surface area contributed by atoms with Crippen molar-refractivity contribution in [2.24, 2.45) is 7.05 Å². The van der Waals surface area contributed by atoms with Gasteiger partial charge in [0.1, 0.15) is 17.0 Å². The summed E-state index contributed by atoms with van der Waals surface area (Å²) >= 11 is 1.10. The Morgan fingerprint density at radius 1 is 1.27 bits per heavy atom. The number of rotatable bonds is 5. The zero-order valence-electron chi connectivity index (χ0n) is 17.0. The third kappa shape index (κ3) is 4.92. The topological polar surface area (TPSA) is 58.9 Å². The first-order valence-electron chi connectivity index (χ1n) is 10.1. The molecule has 2 unspecified atom stereocenters. The predicted molar refractivity (Wildman–Crippen MR) is 112 cm³/mol. The summed E-state index contributed by atoms with van der Waals surface area (Å²) in [5.41, 5.74) is 1.16. The van der Waals surface area contributed by atoms with Crippen LogP contribution in [0.15, 0.2) is 24.8 Å². The summed E-state index contributed by atoms with van der Waals surface area (Å²) in [6.45, 7) is 3.77. The normalized spacial score (nSPS) is 19.2. The molecule has 0 aromatic carbocycles. The molecule has 1 aliphatic heterocycles. The number of nitrogens with zero attached hydrogens (tertiary/aromatic N) is 5. The minimum Gasteiger partial charge on any atom is -0.356 e. The fourth-order valence-corrected chi connectivity index (χ4v) is 5.04. The van der Waals surface area contributed by atoms with Gasteiger partial charge in [-0.1, -0.05) is 0 Å². The van der Waals surface area contributed by atoms with Crippen molar-refractivity contribution in [2.75, 3.05) is 18.0 Å². The Kier molecular flexibility index (Phi) is 5.97. The van der Waals surface area contributed by atoms with Crippen molar-refractivity contribution in [3.05, 3.63) is 35.2 Å². The number of thiophene rings is 1. The molecule has 1 fully saturated rings. The van der Waals surface area contributed by atoms with E-state index >= 15 is 0 Å². The lowest BCUT2D eigenvalue weighted by atomic mass is 10.1. The fourth-order valence-electron chi connectivity index (χ4n) is 4.02. The first-order valence-corrected chi connectivity index (χ1v) is 10.9. The van der Waals surface area contributed by atoms with E-state index in [1.54, 1.807) is 10.7 Å². The smallest absolute Gasteiger partial charge is 0.356 e. The van der Waals surface area contributed by atoms with Gasteiger partial charge in [-0.05, 0) is 32.3 Å². The Hall–Kier alpha value is -2.20. The van der Waals surface area contributed by atoms with Crippen LogP contribution in [0.5, 0.6) is 0 Å². The highest BCUT2D eigenvalue weighted by molar-refractivity contribution is 7.18. The number of alkyl halides is 3. The maximum atomic E-state index is 12.8. The summed E-state index contributed by atoms with van der Waals surface area (Å²) in [6.07, 6.45) is 3.18.